The summed E-state index contributed by atoms with van der Waals surface area (Å²) in [4.78, 5) is 24.7. The first-order chi connectivity index (χ1) is 16.6. The van der Waals surface area contributed by atoms with Gasteiger partial charge in [-0.25, -0.2) is 19.0 Å². The van der Waals surface area contributed by atoms with Crippen LogP contribution in [-0.2, 0) is 6.54 Å². The number of hydrogen-bond donors (Lipinski definition) is 1. The Bertz CT molecular complexity index is 1650. The van der Waals surface area contributed by atoms with Gasteiger partial charge in [0.2, 0.25) is 0 Å². The Morgan fingerprint density at radius 1 is 1.12 bits per heavy atom. The molecule has 0 fully saturated rings. The molecule has 1 N–H and O–H groups in total. The first-order valence-corrected chi connectivity index (χ1v) is 12.2. The van der Waals surface area contributed by atoms with Gasteiger partial charge in [0.05, 0.1) is 23.7 Å². The summed E-state index contributed by atoms with van der Waals surface area (Å²) in [5.74, 6) is -0.0893. The van der Waals surface area contributed by atoms with Crippen molar-refractivity contribution in [2.24, 2.45) is 0 Å². The van der Waals surface area contributed by atoms with E-state index in [1.165, 1.54) is 23.5 Å². The number of fused-ring (bicyclic) bond motifs is 2. The van der Waals surface area contributed by atoms with Crippen molar-refractivity contribution in [3.63, 3.8) is 0 Å². The summed E-state index contributed by atoms with van der Waals surface area (Å²) in [7, 11) is 0. The molecule has 10 heteroatoms. The molecule has 0 atom stereocenters. The van der Waals surface area contributed by atoms with E-state index in [9.17, 15) is 9.18 Å². The molecule has 6 aromatic rings. The number of halogens is 1. The van der Waals surface area contributed by atoms with E-state index in [0.29, 0.717) is 40.2 Å². The lowest BCUT2D eigenvalue weighted by Gasteiger charge is -2.09. The fraction of sp³-hybridized carbons (Fsp3) is 0.0833. The highest BCUT2D eigenvalue weighted by Crippen LogP contribution is 2.32. The molecule has 6 rings (SSSR count). The standard InChI is InChI=1S/C24H17FN6OS2/c1-14-11-18(19-12-26-31(21(19)27-14)13-17-3-2-9-33-17)23(32)29-22-20(15-4-6-16(25)7-5-15)28-24-30(22)8-10-34-24/h2-12H,13H2,1H3,(H,29,32). The molecule has 0 aliphatic rings. The van der Waals surface area contributed by atoms with Crippen LogP contribution in [0.3, 0.4) is 0 Å². The zero-order chi connectivity index (χ0) is 23.2. The molecule has 0 spiro atoms. The van der Waals surface area contributed by atoms with Crippen LogP contribution in [0.2, 0.25) is 0 Å². The Balaban J connectivity index is 1.41. The maximum absolute atomic E-state index is 13.5. The molecule has 0 bridgehead atoms. The molecule has 0 saturated heterocycles. The van der Waals surface area contributed by atoms with Crippen LogP contribution in [-0.4, -0.2) is 30.1 Å². The predicted molar refractivity (Wildman–Crippen MR) is 132 cm³/mol. The molecule has 0 saturated carbocycles. The molecule has 1 amide bonds. The molecule has 1 aromatic carbocycles. The van der Waals surface area contributed by atoms with Gasteiger partial charge < -0.3 is 5.32 Å². The van der Waals surface area contributed by atoms with Crippen molar-refractivity contribution < 1.29 is 9.18 Å². The van der Waals surface area contributed by atoms with Crippen LogP contribution in [0.15, 0.2) is 65.6 Å². The number of anilines is 1. The van der Waals surface area contributed by atoms with Gasteiger partial charge in [0, 0.05) is 27.7 Å². The zero-order valence-electron chi connectivity index (χ0n) is 17.9. The lowest BCUT2D eigenvalue weighted by molar-refractivity contribution is 0.102. The van der Waals surface area contributed by atoms with Gasteiger partial charge in [-0.2, -0.15) is 5.10 Å². The van der Waals surface area contributed by atoms with Gasteiger partial charge in [0.1, 0.15) is 17.3 Å². The van der Waals surface area contributed by atoms with Crippen LogP contribution in [0.25, 0.3) is 27.3 Å². The summed E-state index contributed by atoms with van der Waals surface area (Å²) < 4.78 is 17.1. The van der Waals surface area contributed by atoms with Crippen molar-refractivity contribution in [2.45, 2.75) is 13.5 Å². The second kappa shape index (κ2) is 8.15. The van der Waals surface area contributed by atoms with Gasteiger partial charge in [0.15, 0.2) is 10.6 Å². The molecule has 0 unspecified atom stereocenters. The summed E-state index contributed by atoms with van der Waals surface area (Å²) in [6.07, 6.45) is 3.53. The van der Waals surface area contributed by atoms with E-state index in [-0.39, 0.29) is 11.7 Å². The monoisotopic (exact) mass is 488 g/mol. The summed E-state index contributed by atoms with van der Waals surface area (Å²) in [5.41, 5.74) is 3.16. The number of pyridine rings is 1. The first kappa shape index (κ1) is 20.7. The minimum absolute atomic E-state index is 0.289. The van der Waals surface area contributed by atoms with Crippen LogP contribution in [0.5, 0.6) is 0 Å². The van der Waals surface area contributed by atoms with Crippen LogP contribution in [0, 0.1) is 12.7 Å². The number of carbonyl (C=O) groups excluding carboxylic acids is 1. The van der Waals surface area contributed by atoms with E-state index in [0.717, 1.165) is 15.5 Å². The number of amides is 1. The van der Waals surface area contributed by atoms with E-state index in [4.69, 9.17) is 0 Å². The number of nitrogens with one attached hydrogen (secondary N) is 1. The normalized spacial score (nSPS) is 11.5. The number of aryl methyl sites for hydroxylation is 1. The van der Waals surface area contributed by atoms with Crippen molar-refractivity contribution in [2.75, 3.05) is 5.32 Å². The number of thiazole rings is 1. The third-order valence-corrected chi connectivity index (χ3v) is 7.10. The number of rotatable bonds is 5. The Hall–Kier alpha value is -3.89. The molecule has 168 valence electrons. The van der Waals surface area contributed by atoms with Crippen LogP contribution < -0.4 is 5.32 Å². The molecular formula is C24H17FN6OS2. The Morgan fingerprint density at radius 2 is 1.97 bits per heavy atom. The zero-order valence-corrected chi connectivity index (χ0v) is 19.5. The van der Waals surface area contributed by atoms with Gasteiger partial charge >= 0.3 is 0 Å². The maximum Gasteiger partial charge on any atom is 0.257 e. The van der Waals surface area contributed by atoms with Crippen molar-refractivity contribution in [1.82, 2.24) is 24.1 Å². The molecule has 34 heavy (non-hydrogen) atoms. The van der Waals surface area contributed by atoms with E-state index >= 15 is 0 Å². The average molecular weight is 489 g/mol. The number of hydrogen-bond acceptors (Lipinski definition) is 6. The van der Waals surface area contributed by atoms with Gasteiger partial charge in [0.25, 0.3) is 5.91 Å². The fourth-order valence-electron chi connectivity index (χ4n) is 3.92. The minimum Gasteiger partial charge on any atom is -0.306 e. The molecule has 7 nitrogen and oxygen atoms in total. The Kier molecular flexibility index (Phi) is 4.96. The highest BCUT2D eigenvalue weighted by atomic mass is 32.1. The molecule has 0 aliphatic carbocycles. The van der Waals surface area contributed by atoms with Crippen molar-refractivity contribution >= 4 is 50.4 Å². The van der Waals surface area contributed by atoms with Gasteiger partial charge in [-0.1, -0.05) is 6.07 Å². The van der Waals surface area contributed by atoms with Crippen molar-refractivity contribution in [3.05, 3.63) is 87.6 Å². The summed E-state index contributed by atoms with van der Waals surface area (Å²) in [6.45, 7) is 2.45. The minimum atomic E-state index is -0.329. The summed E-state index contributed by atoms with van der Waals surface area (Å²) in [6, 6.07) is 11.9. The van der Waals surface area contributed by atoms with E-state index < -0.39 is 0 Å². The lowest BCUT2D eigenvalue weighted by atomic mass is 10.1. The summed E-state index contributed by atoms with van der Waals surface area (Å²) in [5, 5.41) is 12.1. The number of benzene rings is 1. The van der Waals surface area contributed by atoms with Gasteiger partial charge in [-0.3, -0.25) is 9.20 Å². The number of aromatic nitrogens is 5. The third kappa shape index (κ3) is 3.57. The third-order valence-electron chi connectivity index (χ3n) is 5.48. The Morgan fingerprint density at radius 3 is 2.76 bits per heavy atom. The van der Waals surface area contributed by atoms with Crippen molar-refractivity contribution in [3.8, 4) is 11.3 Å². The second-order valence-corrected chi connectivity index (χ2v) is 9.66. The van der Waals surface area contributed by atoms with Crippen LogP contribution in [0.4, 0.5) is 10.2 Å². The fourth-order valence-corrected chi connectivity index (χ4v) is 5.32. The molecule has 5 aromatic heterocycles. The molecule has 0 radical (unpaired) electrons. The molecular weight excluding hydrogens is 471 g/mol. The van der Waals surface area contributed by atoms with E-state index in [2.05, 4.69) is 20.4 Å². The summed E-state index contributed by atoms with van der Waals surface area (Å²) >= 11 is 3.11. The number of imidazole rings is 1. The highest BCUT2D eigenvalue weighted by Gasteiger charge is 2.21. The second-order valence-electron chi connectivity index (χ2n) is 7.76. The molecule has 0 aliphatic heterocycles. The number of carbonyl (C=O) groups is 1. The Labute approximate surface area is 201 Å². The first-order valence-electron chi connectivity index (χ1n) is 10.5. The quantitative estimate of drug-likeness (QED) is 0.342. The predicted octanol–water partition coefficient (Wildman–Crippen LogP) is 5.62. The van der Waals surface area contributed by atoms with Gasteiger partial charge in [-0.05, 0) is 48.7 Å². The van der Waals surface area contributed by atoms with E-state index in [1.54, 1.807) is 35.7 Å². The number of nitrogens with zero attached hydrogens (tertiary/aromatic N) is 5. The van der Waals surface area contributed by atoms with Crippen LogP contribution in [0.1, 0.15) is 20.9 Å². The largest absolute Gasteiger partial charge is 0.306 e. The highest BCUT2D eigenvalue weighted by molar-refractivity contribution is 7.15. The molecule has 5 heterocycles. The van der Waals surface area contributed by atoms with Gasteiger partial charge in [-0.15, -0.1) is 22.7 Å². The maximum atomic E-state index is 13.5. The van der Waals surface area contributed by atoms with Crippen molar-refractivity contribution in [1.29, 1.82) is 0 Å². The lowest BCUT2D eigenvalue weighted by Crippen LogP contribution is -2.15. The van der Waals surface area contributed by atoms with E-state index in [1.807, 2.05) is 45.1 Å². The topological polar surface area (TPSA) is 77.1 Å². The van der Waals surface area contributed by atoms with Crippen LogP contribution >= 0.6 is 22.7 Å². The number of thiophene rings is 1. The average Bonchev–Trinajstić information content (AvgIpc) is 3.61. The SMILES string of the molecule is Cc1cc(C(=O)Nc2c(-c3ccc(F)cc3)nc3sccn23)c2cnn(Cc3cccs3)c2n1. The smallest absolute Gasteiger partial charge is 0.257 e.